The molecule has 2 heterocycles. The molecule has 0 unspecified atom stereocenters. The van der Waals surface area contributed by atoms with Gasteiger partial charge in [-0.3, -0.25) is 4.98 Å². The fraction of sp³-hybridized carbons (Fsp3) is 0.0323. The molecule has 4 aromatic carbocycles. The average molecular weight is 455 g/mol. The standard InChI is InChI=1S/C31H22N2O2/c34-28-15-5-4-13-25(28)31-33-30-26(23-11-8-12-24(20-23)27-14-6-7-16-32-27)18-22(19-29(30)35-31)17-21-9-2-1-3-10-21/h1-16,18-20,34H,17H2. The highest BCUT2D eigenvalue weighted by Gasteiger charge is 2.17. The molecule has 4 heteroatoms. The van der Waals surface area contributed by atoms with Crippen LogP contribution < -0.4 is 0 Å². The number of hydrogen-bond donors (Lipinski definition) is 1. The molecule has 0 aliphatic rings. The van der Waals surface area contributed by atoms with Crippen LogP contribution in [0, 0.1) is 0 Å². The van der Waals surface area contributed by atoms with E-state index in [1.807, 2.05) is 48.5 Å². The summed E-state index contributed by atoms with van der Waals surface area (Å²) in [5.74, 6) is 0.541. The molecule has 0 aliphatic heterocycles. The van der Waals surface area contributed by atoms with Crippen molar-refractivity contribution in [1.82, 2.24) is 9.97 Å². The first-order valence-electron chi connectivity index (χ1n) is 11.5. The number of fused-ring (bicyclic) bond motifs is 1. The van der Waals surface area contributed by atoms with Gasteiger partial charge in [0.1, 0.15) is 11.3 Å². The van der Waals surface area contributed by atoms with Crippen molar-refractivity contribution < 1.29 is 9.52 Å². The lowest BCUT2D eigenvalue weighted by atomic mass is 9.96. The molecule has 6 rings (SSSR count). The van der Waals surface area contributed by atoms with E-state index in [9.17, 15) is 5.11 Å². The van der Waals surface area contributed by atoms with E-state index in [1.54, 1.807) is 18.3 Å². The fourth-order valence-corrected chi connectivity index (χ4v) is 4.39. The van der Waals surface area contributed by atoms with Crippen LogP contribution in [0.4, 0.5) is 0 Å². The van der Waals surface area contributed by atoms with Crippen LogP contribution in [0.2, 0.25) is 0 Å². The fourth-order valence-electron chi connectivity index (χ4n) is 4.39. The Bertz CT molecular complexity index is 1620. The van der Waals surface area contributed by atoms with Crippen LogP contribution in [-0.2, 0) is 6.42 Å². The first kappa shape index (κ1) is 20.9. The maximum absolute atomic E-state index is 10.4. The molecule has 0 spiro atoms. The highest BCUT2D eigenvalue weighted by Crippen LogP contribution is 2.37. The van der Waals surface area contributed by atoms with Gasteiger partial charge in [0.25, 0.3) is 0 Å². The third-order valence-corrected chi connectivity index (χ3v) is 6.07. The zero-order valence-corrected chi connectivity index (χ0v) is 18.9. The van der Waals surface area contributed by atoms with Crippen LogP contribution in [0.1, 0.15) is 11.1 Å². The van der Waals surface area contributed by atoms with E-state index in [0.29, 0.717) is 17.0 Å². The molecule has 168 valence electrons. The number of aromatic nitrogens is 2. The average Bonchev–Trinajstić information content (AvgIpc) is 3.33. The maximum Gasteiger partial charge on any atom is 0.231 e. The molecule has 0 saturated carbocycles. The zero-order chi connectivity index (χ0) is 23.6. The maximum atomic E-state index is 10.4. The van der Waals surface area contributed by atoms with Crippen LogP contribution >= 0.6 is 0 Å². The van der Waals surface area contributed by atoms with Crippen molar-refractivity contribution in [3.8, 4) is 39.6 Å². The molecule has 0 bridgehead atoms. The van der Waals surface area contributed by atoms with Gasteiger partial charge in [-0.15, -0.1) is 0 Å². The molecule has 6 aromatic rings. The third-order valence-electron chi connectivity index (χ3n) is 6.07. The lowest BCUT2D eigenvalue weighted by molar-refractivity contribution is 0.474. The number of para-hydroxylation sites is 1. The van der Waals surface area contributed by atoms with Gasteiger partial charge in [-0.2, -0.15) is 0 Å². The Hall–Kier alpha value is -4.70. The van der Waals surface area contributed by atoms with Crippen molar-refractivity contribution in [3.63, 3.8) is 0 Å². The van der Waals surface area contributed by atoms with E-state index in [4.69, 9.17) is 9.40 Å². The highest BCUT2D eigenvalue weighted by molar-refractivity contribution is 5.94. The Morgan fingerprint density at radius 1 is 0.657 bits per heavy atom. The van der Waals surface area contributed by atoms with E-state index in [0.717, 1.165) is 39.9 Å². The van der Waals surface area contributed by atoms with Gasteiger partial charge < -0.3 is 9.52 Å². The second kappa shape index (κ2) is 8.92. The topological polar surface area (TPSA) is 59.2 Å². The lowest BCUT2D eigenvalue weighted by Crippen LogP contribution is -1.91. The largest absolute Gasteiger partial charge is 0.507 e. The van der Waals surface area contributed by atoms with Crippen molar-refractivity contribution in [2.45, 2.75) is 6.42 Å². The van der Waals surface area contributed by atoms with Crippen LogP contribution in [-0.4, -0.2) is 15.1 Å². The number of aromatic hydroxyl groups is 1. The SMILES string of the molecule is Oc1ccccc1-c1nc2c(-c3cccc(-c4ccccn4)c3)cc(Cc3ccccc3)cc2o1. The van der Waals surface area contributed by atoms with Crippen molar-refractivity contribution >= 4 is 11.1 Å². The molecule has 0 radical (unpaired) electrons. The zero-order valence-electron chi connectivity index (χ0n) is 18.9. The Balaban J connectivity index is 1.53. The Morgan fingerprint density at radius 2 is 1.46 bits per heavy atom. The monoisotopic (exact) mass is 454 g/mol. The Morgan fingerprint density at radius 3 is 2.29 bits per heavy atom. The summed E-state index contributed by atoms with van der Waals surface area (Å²) in [5.41, 5.74) is 8.34. The molecule has 0 fully saturated rings. The summed E-state index contributed by atoms with van der Waals surface area (Å²) in [6.07, 6.45) is 2.58. The molecule has 2 aromatic heterocycles. The smallest absolute Gasteiger partial charge is 0.231 e. The Labute approximate surface area is 203 Å². The third kappa shape index (κ3) is 4.18. The van der Waals surface area contributed by atoms with Gasteiger partial charge >= 0.3 is 0 Å². The van der Waals surface area contributed by atoms with E-state index >= 15 is 0 Å². The molecule has 0 saturated heterocycles. The Kier molecular flexibility index (Phi) is 5.32. The number of phenolic OH excluding ortho intramolecular Hbond substituents is 1. The van der Waals surface area contributed by atoms with Gasteiger partial charge in [-0.1, -0.05) is 66.7 Å². The van der Waals surface area contributed by atoms with Crippen LogP contribution in [0.3, 0.4) is 0 Å². The minimum atomic E-state index is 0.141. The van der Waals surface area contributed by atoms with Gasteiger partial charge in [0, 0.05) is 17.3 Å². The number of pyridine rings is 1. The predicted molar refractivity (Wildman–Crippen MR) is 139 cm³/mol. The molecule has 1 N–H and O–H groups in total. The summed E-state index contributed by atoms with van der Waals surface area (Å²) in [7, 11) is 0. The number of benzene rings is 4. The van der Waals surface area contributed by atoms with Crippen molar-refractivity contribution in [3.05, 3.63) is 127 Å². The van der Waals surface area contributed by atoms with E-state index in [1.165, 1.54) is 5.56 Å². The molecule has 0 atom stereocenters. The summed E-state index contributed by atoms with van der Waals surface area (Å²) < 4.78 is 6.21. The highest BCUT2D eigenvalue weighted by atomic mass is 16.3. The second-order valence-electron chi connectivity index (χ2n) is 8.48. The molecule has 0 aliphatic carbocycles. The number of oxazole rings is 1. The van der Waals surface area contributed by atoms with Gasteiger partial charge in [0.2, 0.25) is 5.89 Å². The molecule has 35 heavy (non-hydrogen) atoms. The van der Waals surface area contributed by atoms with Gasteiger partial charge in [-0.05, 0) is 65.6 Å². The quantitative estimate of drug-likeness (QED) is 0.293. The van der Waals surface area contributed by atoms with Gasteiger partial charge in [0.15, 0.2) is 5.58 Å². The molecule has 4 nitrogen and oxygen atoms in total. The molecular weight excluding hydrogens is 432 g/mol. The van der Waals surface area contributed by atoms with E-state index in [2.05, 4.69) is 53.5 Å². The van der Waals surface area contributed by atoms with Crippen molar-refractivity contribution in [2.75, 3.05) is 0 Å². The summed E-state index contributed by atoms with van der Waals surface area (Å²) in [5, 5.41) is 10.4. The number of rotatable bonds is 5. The first-order chi connectivity index (χ1) is 17.2. The van der Waals surface area contributed by atoms with Crippen molar-refractivity contribution in [2.24, 2.45) is 0 Å². The first-order valence-corrected chi connectivity index (χ1v) is 11.5. The number of phenols is 1. The minimum absolute atomic E-state index is 0.141. The number of hydrogen-bond acceptors (Lipinski definition) is 4. The summed E-state index contributed by atoms with van der Waals surface area (Å²) in [6.45, 7) is 0. The van der Waals surface area contributed by atoms with Crippen LogP contribution in [0.5, 0.6) is 5.75 Å². The minimum Gasteiger partial charge on any atom is -0.507 e. The summed E-state index contributed by atoms with van der Waals surface area (Å²) in [4.78, 5) is 9.34. The van der Waals surface area contributed by atoms with Crippen LogP contribution in [0.15, 0.2) is 120 Å². The molecule has 0 amide bonds. The van der Waals surface area contributed by atoms with Gasteiger partial charge in [-0.25, -0.2) is 4.98 Å². The van der Waals surface area contributed by atoms with Crippen LogP contribution in [0.25, 0.3) is 44.9 Å². The van der Waals surface area contributed by atoms with Gasteiger partial charge in [0.05, 0.1) is 11.3 Å². The predicted octanol–water partition coefficient (Wildman–Crippen LogP) is 7.52. The molecular formula is C31H22N2O2. The summed E-state index contributed by atoms with van der Waals surface area (Å²) in [6, 6.07) is 35.9. The lowest BCUT2D eigenvalue weighted by Gasteiger charge is -2.09. The van der Waals surface area contributed by atoms with Crippen molar-refractivity contribution in [1.29, 1.82) is 0 Å². The van der Waals surface area contributed by atoms with E-state index in [-0.39, 0.29) is 5.75 Å². The normalized spacial score (nSPS) is 11.1. The number of nitrogens with zero attached hydrogens (tertiary/aromatic N) is 2. The second-order valence-corrected chi connectivity index (χ2v) is 8.48. The summed E-state index contributed by atoms with van der Waals surface area (Å²) >= 11 is 0. The van der Waals surface area contributed by atoms with E-state index < -0.39 is 0 Å².